The zero-order chi connectivity index (χ0) is 11.8. The van der Waals surface area contributed by atoms with Crippen molar-refractivity contribution in [1.82, 2.24) is 0 Å². The summed E-state index contributed by atoms with van der Waals surface area (Å²) in [7, 11) is 0. The van der Waals surface area contributed by atoms with Crippen molar-refractivity contribution < 1.29 is 5.11 Å². The van der Waals surface area contributed by atoms with E-state index >= 15 is 0 Å². The highest BCUT2D eigenvalue weighted by Crippen LogP contribution is 2.45. The average molecular weight is 259 g/mol. The first kappa shape index (κ1) is 12.2. The standard InChI is InChI=1S/C13H16Cl2O/c1-2-9-5-6-13(16,8-9)11-7-10(14)3-4-12(11)15/h3-4,7,9,16H,2,5-6,8H2,1H3. The van der Waals surface area contributed by atoms with Crippen LogP contribution in [-0.2, 0) is 5.60 Å². The molecular weight excluding hydrogens is 243 g/mol. The minimum absolute atomic E-state index is 0.597. The lowest BCUT2D eigenvalue weighted by Gasteiger charge is -2.24. The fraction of sp³-hybridized carbons (Fsp3) is 0.538. The minimum atomic E-state index is -0.775. The highest BCUT2D eigenvalue weighted by Gasteiger charge is 2.39. The first-order valence-electron chi connectivity index (χ1n) is 5.73. The molecule has 16 heavy (non-hydrogen) atoms. The SMILES string of the molecule is CCC1CCC(O)(c2cc(Cl)ccc2Cl)C1. The molecule has 0 saturated heterocycles. The molecule has 0 aromatic heterocycles. The van der Waals surface area contributed by atoms with E-state index in [9.17, 15) is 5.11 Å². The Morgan fingerprint density at radius 1 is 1.44 bits per heavy atom. The Morgan fingerprint density at radius 2 is 2.19 bits per heavy atom. The number of rotatable bonds is 2. The molecule has 0 heterocycles. The maximum atomic E-state index is 10.6. The van der Waals surface area contributed by atoms with Crippen molar-refractivity contribution in [3.05, 3.63) is 33.8 Å². The quantitative estimate of drug-likeness (QED) is 0.835. The summed E-state index contributed by atoms with van der Waals surface area (Å²) in [5.41, 5.74) is 0.0143. The van der Waals surface area contributed by atoms with Crippen LogP contribution in [0.1, 0.15) is 38.2 Å². The molecule has 0 bridgehead atoms. The van der Waals surface area contributed by atoms with Crippen LogP contribution in [0.5, 0.6) is 0 Å². The van der Waals surface area contributed by atoms with Crippen molar-refractivity contribution in [2.45, 2.75) is 38.2 Å². The van der Waals surface area contributed by atoms with Crippen molar-refractivity contribution in [3.63, 3.8) is 0 Å². The lowest BCUT2D eigenvalue weighted by molar-refractivity contribution is 0.0399. The van der Waals surface area contributed by atoms with E-state index in [1.807, 2.05) is 0 Å². The predicted octanol–water partition coefficient (Wildman–Crippen LogP) is 4.39. The van der Waals surface area contributed by atoms with Gasteiger partial charge in [0.25, 0.3) is 0 Å². The van der Waals surface area contributed by atoms with Crippen LogP contribution >= 0.6 is 23.2 Å². The molecule has 1 saturated carbocycles. The van der Waals surface area contributed by atoms with Crippen LogP contribution in [-0.4, -0.2) is 5.11 Å². The fourth-order valence-electron chi connectivity index (χ4n) is 2.57. The Hall–Kier alpha value is -0.240. The van der Waals surface area contributed by atoms with Gasteiger partial charge in [0.1, 0.15) is 0 Å². The summed E-state index contributed by atoms with van der Waals surface area (Å²) in [5, 5.41) is 11.9. The Kier molecular flexibility index (Phi) is 3.48. The van der Waals surface area contributed by atoms with Crippen molar-refractivity contribution in [2.24, 2.45) is 5.92 Å². The first-order chi connectivity index (χ1) is 7.55. The van der Waals surface area contributed by atoms with Gasteiger partial charge < -0.3 is 5.11 Å². The summed E-state index contributed by atoms with van der Waals surface area (Å²) in [6, 6.07) is 5.31. The van der Waals surface area contributed by atoms with E-state index in [1.165, 1.54) is 0 Å². The number of halogens is 2. The summed E-state index contributed by atoms with van der Waals surface area (Å²) in [6.07, 6.45) is 3.76. The van der Waals surface area contributed by atoms with Gasteiger partial charge in [-0.2, -0.15) is 0 Å². The second-order valence-electron chi connectivity index (χ2n) is 4.67. The highest BCUT2D eigenvalue weighted by atomic mass is 35.5. The van der Waals surface area contributed by atoms with Crippen LogP contribution < -0.4 is 0 Å². The molecule has 1 aliphatic carbocycles. The van der Waals surface area contributed by atoms with Gasteiger partial charge in [0, 0.05) is 15.6 Å². The molecular formula is C13H16Cl2O. The molecule has 2 atom stereocenters. The number of aliphatic hydroxyl groups is 1. The molecule has 1 aromatic rings. The normalized spacial score (nSPS) is 29.6. The number of benzene rings is 1. The molecule has 88 valence electrons. The highest BCUT2D eigenvalue weighted by molar-refractivity contribution is 6.33. The van der Waals surface area contributed by atoms with Gasteiger partial charge in [-0.1, -0.05) is 36.5 Å². The molecule has 1 nitrogen and oxygen atoms in total. The molecule has 0 spiro atoms. The summed E-state index contributed by atoms with van der Waals surface area (Å²) in [5.74, 6) is 0.597. The van der Waals surface area contributed by atoms with Crippen LogP contribution in [0.3, 0.4) is 0 Å². The van der Waals surface area contributed by atoms with Crippen molar-refractivity contribution in [1.29, 1.82) is 0 Å². The topological polar surface area (TPSA) is 20.2 Å². The van der Waals surface area contributed by atoms with Crippen LogP contribution in [0, 0.1) is 5.92 Å². The summed E-state index contributed by atoms with van der Waals surface area (Å²) < 4.78 is 0. The van der Waals surface area contributed by atoms with Gasteiger partial charge in [-0.3, -0.25) is 0 Å². The molecule has 1 N–H and O–H groups in total. The molecule has 1 fully saturated rings. The average Bonchev–Trinajstić information content (AvgIpc) is 2.65. The monoisotopic (exact) mass is 258 g/mol. The molecule has 0 aliphatic heterocycles. The van der Waals surface area contributed by atoms with E-state index in [0.29, 0.717) is 16.0 Å². The molecule has 3 heteroatoms. The van der Waals surface area contributed by atoms with E-state index < -0.39 is 5.60 Å². The third-order valence-electron chi connectivity index (χ3n) is 3.60. The maximum Gasteiger partial charge on any atom is 0.0914 e. The lowest BCUT2D eigenvalue weighted by atomic mass is 9.90. The fourth-order valence-corrected chi connectivity index (χ4v) is 3.04. The third-order valence-corrected chi connectivity index (χ3v) is 4.16. The van der Waals surface area contributed by atoms with E-state index in [4.69, 9.17) is 23.2 Å². The van der Waals surface area contributed by atoms with Gasteiger partial charge in [0.15, 0.2) is 0 Å². The van der Waals surface area contributed by atoms with E-state index in [1.54, 1.807) is 18.2 Å². The van der Waals surface area contributed by atoms with Gasteiger partial charge in [-0.25, -0.2) is 0 Å². The summed E-state index contributed by atoms with van der Waals surface area (Å²) in [6.45, 7) is 2.16. The molecule has 1 aliphatic rings. The second-order valence-corrected chi connectivity index (χ2v) is 5.52. The van der Waals surface area contributed by atoms with Crippen LogP contribution in [0.4, 0.5) is 0 Å². The van der Waals surface area contributed by atoms with Crippen LogP contribution in [0.2, 0.25) is 10.0 Å². The third kappa shape index (κ3) is 2.22. The summed E-state index contributed by atoms with van der Waals surface area (Å²) >= 11 is 12.1. The zero-order valence-electron chi connectivity index (χ0n) is 9.34. The van der Waals surface area contributed by atoms with E-state index in [-0.39, 0.29) is 0 Å². The molecule has 2 rings (SSSR count). The van der Waals surface area contributed by atoms with Gasteiger partial charge >= 0.3 is 0 Å². The Balaban J connectivity index is 2.33. The maximum absolute atomic E-state index is 10.6. The molecule has 2 unspecified atom stereocenters. The predicted molar refractivity (Wildman–Crippen MR) is 68.0 cm³/mol. The minimum Gasteiger partial charge on any atom is -0.385 e. The summed E-state index contributed by atoms with van der Waals surface area (Å²) in [4.78, 5) is 0. The Morgan fingerprint density at radius 3 is 2.81 bits per heavy atom. The van der Waals surface area contributed by atoms with Crippen molar-refractivity contribution in [3.8, 4) is 0 Å². The first-order valence-corrected chi connectivity index (χ1v) is 6.48. The molecule has 0 amide bonds. The number of hydrogen-bond donors (Lipinski definition) is 1. The van der Waals surface area contributed by atoms with Gasteiger partial charge in [-0.05, 0) is 43.4 Å². The van der Waals surface area contributed by atoms with Gasteiger partial charge in [-0.15, -0.1) is 0 Å². The van der Waals surface area contributed by atoms with E-state index in [0.717, 1.165) is 31.2 Å². The molecule has 1 aromatic carbocycles. The number of hydrogen-bond acceptors (Lipinski definition) is 1. The van der Waals surface area contributed by atoms with Gasteiger partial charge in [0.05, 0.1) is 5.60 Å². The van der Waals surface area contributed by atoms with Gasteiger partial charge in [0.2, 0.25) is 0 Å². The van der Waals surface area contributed by atoms with Crippen molar-refractivity contribution in [2.75, 3.05) is 0 Å². The molecule has 0 radical (unpaired) electrons. The Bertz CT molecular complexity index is 392. The van der Waals surface area contributed by atoms with Crippen molar-refractivity contribution >= 4 is 23.2 Å². The smallest absolute Gasteiger partial charge is 0.0914 e. The largest absolute Gasteiger partial charge is 0.385 e. The lowest BCUT2D eigenvalue weighted by Crippen LogP contribution is -2.22. The van der Waals surface area contributed by atoms with E-state index in [2.05, 4.69) is 6.92 Å². The Labute approximate surface area is 106 Å². The second kappa shape index (κ2) is 4.56. The zero-order valence-corrected chi connectivity index (χ0v) is 10.9. The van der Waals surface area contributed by atoms with Crippen LogP contribution in [0.15, 0.2) is 18.2 Å². The van der Waals surface area contributed by atoms with Crippen LogP contribution in [0.25, 0.3) is 0 Å².